The van der Waals surface area contributed by atoms with Crippen molar-refractivity contribution in [2.45, 2.75) is 44.8 Å². The van der Waals surface area contributed by atoms with Gasteiger partial charge in [0.15, 0.2) is 0 Å². The van der Waals surface area contributed by atoms with E-state index in [1.807, 2.05) is 31.2 Å². The Labute approximate surface area is 144 Å². The molecule has 0 radical (unpaired) electrons. The van der Waals surface area contributed by atoms with Gasteiger partial charge in [0, 0.05) is 13.0 Å². The van der Waals surface area contributed by atoms with Gasteiger partial charge in [-0.1, -0.05) is 49.7 Å². The number of unbranched alkanes of at least 4 members (excludes halogenated alkanes) is 1. The highest BCUT2D eigenvalue weighted by atomic mass is 19.4. The molecule has 0 aliphatic carbocycles. The molecular weight excluding hydrogens is 329 g/mol. The lowest BCUT2D eigenvalue weighted by molar-refractivity contribution is -0.191. The van der Waals surface area contributed by atoms with Crippen LogP contribution in [0.4, 0.5) is 13.2 Å². The van der Waals surface area contributed by atoms with Crippen molar-refractivity contribution in [2.75, 3.05) is 6.54 Å². The molecule has 3 rings (SSSR count). The van der Waals surface area contributed by atoms with Gasteiger partial charge in [0.2, 0.25) is 5.91 Å². The minimum Gasteiger partial charge on any atom is -0.288 e. The smallest absolute Gasteiger partial charge is 0.288 e. The summed E-state index contributed by atoms with van der Waals surface area (Å²) in [6, 6.07) is 8.99. The Morgan fingerprint density at radius 1 is 1.20 bits per heavy atom. The first-order valence-electron chi connectivity index (χ1n) is 8.55. The Morgan fingerprint density at radius 2 is 1.96 bits per heavy atom. The van der Waals surface area contributed by atoms with E-state index in [-0.39, 0.29) is 24.4 Å². The number of halogens is 3. The summed E-state index contributed by atoms with van der Waals surface area (Å²) in [5.41, 5.74) is 3.33. The van der Waals surface area contributed by atoms with Crippen molar-refractivity contribution in [1.82, 2.24) is 10.4 Å². The molecule has 6 heteroatoms. The minimum absolute atomic E-state index is 0.0586. The van der Waals surface area contributed by atoms with Gasteiger partial charge < -0.3 is 0 Å². The Kier molecular flexibility index (Phi) is 4.99. The van der Waals surface area contributed by atoms with Crippen LogP contribution in [0, 0.1) is 0 Å². The zero-order valence-corrected chi connectivity index (χ0v) is 14.1. The third-order valence-corrected chi connectivity index (χ3v) is 4.62. The molecule has 3 nitrogen and oxygen atoms in total. The number of benzene rings is 2. The van der Waals surface area contributed by atoms with Gasteiger partial charge in [-0.3, -0.25) is 10.2 Å². The summed E-state index contributed by atoms with van der Waals surface area (Å²) < 4.78 is 41.7. The summed E-state index contributed by atoms with van der Waals surface area (Å²) in [5, 5.41) is 2.82. The summed E-state index contributed by atoms with van der Waals surface area (Å²) in [6.07, 6.45) is -2.08. The van der Waals surface area contributed by atoms with E-state index in [9.17, 15) is 18.0 Å². The standard InChI is InChI=1S/C19H21F3N2O/c1-2-3-7-15-14-8-5-4-6-13(14)9-10-16(15)18(19(20,21)22)24-12-11-17(25)23-24/h4-6,8-10,18H,2-3,7,11-12H2,1H3,(H,23,25)/t18-/m0/s1. The number of carbonyl (C=O) groups is 1. The zero-order valence-electron chi connectivity index (χ0n) is 14.1. The first kappa shape index (κ1) is 17.7. The van der Waals surface area contributed by atoms with Crippen molar-refractivity contribution in [1.29, 1.82) is 0 Å². The molecule has 0 aromatic heterocycles. The number of amides is 1. The molecule has 25 heavy (non-hydrogen) atoms. The Bertz CT molecular complexity index is 773. The molecule has 1 N–H and O–H groups in total. The lowest BCUT2D eigenvalue weighted by Gasteiger charge is -2.31. The fraction of sp³-hybridized carbons (Fsp3) is 0.421. The van der Waals surface area contributed by atoms with Crippen LogP contribution in [-0.4, -0.2) is 23.6 Å². The van der Waals surface area contributed by atoms with Crippen molar-refractivity contribution in [3.05, 3.63) is 47.5 Å². The summed E-state index contributed by atoms with van der Waals surface area (Å²) in [5.74, 6) is -0.370. The van der Waals surface area contributed by atoms with Crippen LogP contribution in [0.5, 0.6) is 0 Å². The van der Waals surface area contributed by atoms with Crippen LogP contribution in [0.15, 0.2) is 36.4 Å². The van der Waals surface area contributed by atoms with Crippen molar-refractivity contribution in [2.24, 2.45) is 0 Å². The first-order chi connectivity index (χ1) is 11.9. The van der Waals surface area contributed by atoms with Gasteiger partial charge in [-0.2, -0.15) is 13.2 Å². The van der Waals surface area contributed by atoms with Gasteiger partial charge in [-0.25, -0.2) is 5.01 Å². The van der Waals surface area contributed by atoms with E-state index in [1.165, 1.54) is 0 Å². The van der Waals surface area contributed by atoms with Crippen molar-refractivity contribution in [3.8, 4) is 0 Å². The van der Waals surface area contributed by atoms with Crippen LogP contribution in [0.3, 0.4) is 0 Å². The Morgan fingerprint density at radius 3 is 2.60 bits per heavy atom. The third kappa shape index (κ3) is 3.63. The fourth-order valence-electron chi connectivity index (χ4n) is 3.45. The van der Waals surface area contributed by atoms with Crippen molar-refractivity contribution >= 4 is 16.7 Å². The molecule has 1 atom stereocenters. The maximum absolute atomic E-state index is 13.9. The number of rotatable bonds is 5. The number of hydrogen-bond donors (Lipinski definition) is 1. The highest BCUT2D eigenvalue weighted by Crippen LogP contribution is 2.41. The highest BCUT2D eigenvalue weighted by molar-refractivity contribution is 5.87. The highest BCUT2D eigenvalue weighted by Gasteiger charge is 2.47. The average molecular weight is 350 g/mol. The molecular formula is C19H21F3N2O. The predicted molar refractivity (Wildman–Crippen MR) is 90.8 cm³/mol. The second-order valence-electron chi connectivity index (χ2n) is 6.38. The molecule has 2 aromatic rings. The van der Waals surface area contributed by atoms with Crippen LogP contribution < -0.4 is 5.43 Å². The van der Waals surface area contributed by atoms with Gasteiger partial charge >= 0.3 is 6.18 Å². The zero-order chi connectivity index (χ0) is 18.0. The van der Waals surface area contributed by atoms with Crippen LogP contribution >= 0.6 is 0 Å². The SMILES string of the molecule is CCCCc1c([C@H](N2CCC(=O)N2)C(F)(F)F)ccc2ccccc12. The molecule has 2 aromatic carbocycles. The Hall–Kier alpha value is -2.08. The van der Waals surface area contributed by atoms with Gasteiger partial charge in [0.25, 0.3) is 0 Å². The van der Waals surface area contributed by atoms with Crippen LogP contribution in [-0.2, 0) is 11.2 Å². The second kappa shape index (κ2) is 7.04. The van der Waals surface area contributed by atoms with E-state index in [2.05, 4.69) is 5.43 Å². The predicted octanol–water partition coefficient (Wildman–Crippen LogP) is 4.52. The number of aryl methyl sites for hydroxylation is 1. The molecule has 134 valence electrons. The van der Waals surface area contributed by atoms with Crippen LogP contribution in [0.2, 0.25) is 0 Å². The van der Waals surface area contributed by atoms with Crippen LogP contribution in [0.25, 0.3) is 10.8 Å². The van der Waals surface area contributed by atoms with Crippen LogP contribution in [0.1, 0.15) is 43.4 Å². The maximum Gasteiger partial charge on any atom is 0.409 e. The number of alkyl halides is 3. The molecule has 1 fully saturated rings. The van der Waals surface area contributed by atoms with Crippen molar-refractivity contribution in [3.63, 3.8) is 0 Å². The molecule has 0 unspecified atom stereocenters. The van der Waals surface area contributed by atoms with E-state index in [1.54, 1.807) is 12.1 Å². The number of carbonyl (C=O) groups excluding carboxylic acids is 1. The monoisotopic (exact) mass is 350 g/mol. The molecule has 0 spiro atoms. The fourth-order valence-corrected chi connectivity index (χ4v) is 3.45. The topological polar surface area (TPSA) is 32.3 Å². The van der Waals surface area contributed by atoms with E-state index < -0.39 is 12.2 Å². The van der Waals surface area contributed by atoms with Gasteiger partial charge in [0.1, 0.15) is 6.04 Å². The van der Waals surface area contributed by atoms with Crippen molar-refractivity contribution < 1.29 is 18.0 Å². The molecule has 0 saturated carbocycles. The van der Waals surface area contributed by atoms with Gasteiger partial charge in [-0.05, 0) is 34.7 Å². The molecule has 1 heterocycles. The Balaban J connectivity index is 2.14. The third-order valence-electron chi connectivity index (χ3n) is 4.62. The second-order valence-corrected chi connectivity index (χ2v) is 6.38. The maximum atomic E-state index is 13.9. The first-order valence-corrected chi connectivity index (χ1v) is 8.55. The molecule has 1 aliphatic rings. The number of fused-ring (bicyclic) bond motifs is 1. The lowest BCUT2D eigenvalue weighted by atomic mass is 9.90. The largest absolute Gasteiger partial charge is 0.409 e. The van der Waals surface area contributed by atoms with Gasteiger partial charge in [0.05, 0.1) is 0 Å². The number of nitrogens with zero attached hydrogens (tertiary/aromatic N) is 1. The van der Waals surface area contributed by atoms with Gasteiger partial charge in [-0.15, -0.1) is 0 Å². The quantitative estimate of drug-likeness (QED) is 0.860. The van der Waals surface area contributed by atoms with E-state index in [4.69, 9.17) is 0 Å². The molecule has 1 aliphatic heterocycles. The molecule has 1 saturated heterocycles. The summed E-state index contributed by atoms with van der Waals surface area (Å²) in [6.45, 7) is 2.08. The van der Waals surface area contributed by atoms with E-state index >= 15 is 0 Å². The average Bonchev–Trinajstić information content (AvgIpc) is 2.98. The minimum atomic E-state index is -4.47. The number of nitrogens with one attached hydrogen (secondary N) is 1. The summed E-state index contributed by atoms with van der Waals surface area (Å²) >= 11 is 0. The summed E-state index contributed by atoms with van der Waals surface area (Å²) in [7, 11) is 0. The molecule has 1 amide bonds. The van der Waals surface area contributed by atoms with E-state index in [0.717, 1.165) is 34.2 Å². The van der Waals surface area contributed by atoms with E-state index in [0.29, 0.717) is 6.42 Å². The number of hydrogen-bond acceptors (Lipinski definition) is 2. The normalized spacial score (nSPS) is 17.0. The lowest BCUT2D eigenvalue weighted by Crippen LogP contribution is -2.44. The summed E-state index contributed by atoms with van der Waals surface area (Å²) in [4.78, 5) is 11.5. The molecule has 0 bridgehead atoms. The number of hydrazine groups is 1.